The van der Waals surface area contributed by atoms with E-state index in [9.17, 15) is 19.5 Å². The first-order valence-electron chi connectivity index (χ1n) is 16.0. The van der Waals surface area contributed by atoms with Gasteiger partial charge in [-0.05, 0) is 69.4 Å². The molecule has 1 aromatic rings. The number of nitrogens with zero attached hydrogens (tertiary/aromatic N) is 3. The normalized spacial score (nSPS) is 24.4. The van der Waals surface area contributed by atoms with E-state index in [0.717, 1.165) is 81.5 Å². The van der Waals surface area contributed by atoms with Gasteiger partial charge in [0.2, 0.25) is 0 Å². The van der Waals surface area contributed by atoms with Gasteiger partial charge in [-0.2, -0.15) is 0 Å². The number of aliphatic carboxylic acids is 1. The van der Waals surface area contributed by atoms with Gasteiger partial charge in [0, 0.05) is 76.1 Å². The Bertz CT molecular complexity index is 1060. The summed E-state index contributed by atoms with van der Waals surface area (Å²) in [6, 6.07) is 6.46. The Labute approximate surface area is 245 Å². The van der Waals surface area contributed by atoms with Gasteiger partial charge in [-0.25, -0.2) is 4.79 Å². The molecule has 8 heteroatoms. The largest absolute Gasteiger partial charge is 0.481 e. The van der Waals surface area contributed by atoms with Crippen LogP contribution in [0.25, 0.3) is 0 Å². The minimum absolute atomic E-state index is 0.146. The van der Waals surface area contributed by atoms with Gasteiger partial charge in [-0.3, -0.25) is 14.5 Å². The highest BCUT2D eigenvalue weighted by Crippen LogP contribution is 2.42. The van der Waals surface area contributed by atoms with Crippen molar-refractivity contribution >= 4 is 18.0 Å². The first-order valence-corrected chi connectivity index (χ1v) is 16.0. The predicted molar refractivity (Wildman–Crippen MR) is 158 cm³/mol. The van der Waals surface area contributed by atoms with Crippen molar-refractivity contribution in [3.05, 3.63) is 34.9 Å². The zero-order chi connectivity index (χ0) is 29.0. The summed E-state index contributed by atoms with van der Waals surface area (Å²) in [5.74, 6) is 0.109. The highest BCUT2D eigenvalue weighted by atomic mass is 16.6. The molecule has 1 atom stereocenters. The van der Waals surface area contributed by atoms with Crippen molar-refractivity contribution in [1.29, 1.82) is 0 Å². The molecule has 226 valence electrons. The van der Waals surface area contributed by atoms with E-state index in [1.165, 1.54) is 32.1 Å². The number of carboxylic acid groups (broad SMARTS) is 1. The lowest BCUT2D eigenvalue weighted by molar-refractivity contribution is -0.139. The van der Waals surface area contributed by atoms with Crippen molar-refractivity contribution < 1.29 is 24.2 Å². The molecule has 41 heavy (non-hydrogen) atoms. The molecule has 4 aliphatic rings. The SMILES string of the molecule is Cc1cccc(C)c1C(=O)N1CCC(N2CCC3(CC2)OC(=O)N(CC2CCCCC2)CC3CCCC(=O)O)CC1. The zero-order valence-corrected chi connectivity index (χ0v) is 25.1. The fourth-order valence-corrected chi connectivity index (χ4v) is 8.04. The van der Waals surface area contributed by atoms with E-state index in [-0.39, 0.29) is 24.3 Å². The Morgan fingerprint density at radius 1 is 0.976 bits per heavy atom. The van der Waals surface area contributed by atoms with Crippen molar-refractivity contribution in [2.45, 2.75) is 103 Å². The zero-order valence-electron chi connectivity index (χ0n) is 25.1. The molecule has 1 saturated carbocycles. The molecule has 0 aromatic heterocycles. The summed E-state index contributed by atoms with van der Waals surface area (Å²) in [5.41, 5.74) is 2.43. The second kappa shape index (κ2) is 13.1. The number of carbonyl (C=O) groups excluding carboxylic acids is 2. The summed E-state index contributed by atoms with van der Waals surface area (Å²) in [6.45, 7) is 8.77. The van der Waals surface area contributed by atoms with Gasteiger partial charge in [0.05, 0.1) is 0 Å². The van der Waals surface area contributed by atoms with Crippen LogP contribution in [0, 0.1) is 25.7 Å². The van der Waals surface area contributed by atoms with Crippen LogP contribution in [0.4, 0.5) is 4.79 Å². The molecule has 3 saturated heterocycles. The van der Waals surface area contributed by atoms with E-state index in [0.29, 0.717) is 24.9 Å². The molecule has 8 nitrogen and oxygen atoms in total. The van der Waals surface area contributed by atoms with Crippen molar-refractivity contribution in [3.8, 4) is 0 Å². The van der Waals surface area contributed by atoms with E-state index >= 15 is 0 Å². The van der Waals surface area contributed by atoms with Gasteiger partial charge in [0.15, 0.2) is 0 Å². The Morgan fingerprint density at radius 3 is 2.27 bits per heavy atom. The Kier molecular flexibility index (Phi) is 9.57. The van der Waals surface area contributed by atoms with Gasteiger partial charge in [-0.1, -0.05) is 37.5 Å². The summed E-state index contributed by atoms with van der Waals surface area (Å²) < 4.78 is 6.35. The molecule has 1 spiro atoms. The second-order valence-electron chi connectivity index (χ2n) is 13.2. The molecule has 0 bridgehead atoms. The highest BCUT2D eigenvalue weighted by molar-refractivity contribution is 5.97. The van der Waals surface area contributed by atoms with E-state index in [2.05, 4.69) is 4.90 Å². The van der Waals surface area contributed by atoms with Gasteiger partial charge in [0.1, 0.15) is 5.60 Å². The third-order valence-corrected chi connectivity index (χ3v) is 10.5. The van der Waals surface area contributed by atoms with E-state index in [1.807, 2.05) is 41.8 Å². The monoisotopic (exact) mass is 567 g/mol. The minimum Gasteiger partial charge on any atom is -0.481 e. The molecule has 1 unspecified atom stereocenters. The van der Waals surface area contributed by atoms with Gasteiger partial charge in [-0.15, -0.1) is 0 Å². The number of rotatable bonds is 8. The number of benzene rings is 1. The van der Waals surface area contributed by atoms with Gasteiger partial charge >= 0.3 is 12.1 Å². The van der Waals surface area contributed by atoms with E-state index in [4.69, 9.17) is 4.74 Å². The van der Waals surface area contributed by atoms with Crippen molar-refractivity contribution in [3.63, 3.8) is 0 Å². The smallest absolute Gasteiger partial charge is 0.410 e. The molecule has 5 rings (SSSR count). The van der Waals surface area contributed by atoms with E-state index < -0.39 is 11.6 Å². The summed E-state index contributed by atoms with van der Waals surface area (Å²) in [7, 11) is 0. The summed E-state index contributed by atoms with van der Waals surface area (Å²) in [4.78, 5) is 44.3. The number of piperidine rings is 2. The predicted octanol–water partition coefficient (Wildman–Crippen LogP) is 5.65. The maximum absolute atomic E-state index is 13.3. The molecule has 1 aromatic carbocycles. The quantitative estimate of drug-likeness (QED) is 0.437. The van der Waals surface area contributed by atoms with Crippen LogP contribution in [0.15, 0.2) is 18.2 Å². The summed E-state index contributed by atoms with van der Waals surface area (Å²) >= 11 is 0. The van der Waals surface area contributed by atoms with Gasteiger partial charge in [0.25, 0.3) is 5.91 Å². The maximum Gasteiger partial charge on any atom is 0.410 e. The van der Waals surface area contributed by atoms with Crippen LogP contribution in [0.5, 0.6) is 0 Å². The lowest BCUT2D eigenvalue weighted by Crippen LogP contribution is -2.61. The minimum atomic E-state index is -0.761. The summed E-state index contributed by atoms with van der Waals surface area (Å²) in [5, 5.41) is 9.25. The molecule has 1 aliphatic carbocycles. The second-order valence-corrected chi connectivity index (χ2v) is 13.2. The number of hydrogen-bond donors (Lipinski definition) is 1. The number of amides is 2. The average Bonchev–Trinajstić information content (AvgIpc) is 2.96. The Balaban J connectivity index is 1.18. The first-order chi connectivity index (χ1) is 19.8. The summed E-state index contributed by atoms with van der Waals surface area (Å²) in [6.07, 6.45) is 11.1. The van der Waals surface area contributed by atoms with Crippen molar-refractivity contribution in [2.75, 3.05) is 39.3 Å². The van der Waals surface area contributed by atoms with Crippen LogP contribution < -0.4 is 0 Å². The molecule has 0 radical (unpaired) electrons. The molecule has 4 fully saturated rings. The lowest BCUT2D eigenvalue weighted by atomic mass is 9.75. The van der Waals surface area contributed by atoms with Crippen LogP contribution >= 0.6 is 0 Å². The fourth-order valence-electron chi connectivity index (χ4n) is 8.04. The number of carboxylic acids is 1. The molecular weight excluding hydrogens is 518 g/mol. The molecule has 1 N–H and O–H groups in total. The number of aryl methyl sites for hydroxylation is 2. The third kappa shape index (κ3) is 6.90. The highest BCUT2D eigenvalue weighted by Gasteiger charge is 2.50. The third-order valence-electron chi connectivity index (χ3n) is 10.5. The standard InChI is InChI=1S/C33H49N3O5/c1-24-8-6-9-25(2)30(24)31(39)35-18-14-28(15-19-35)34-20-16-33(17-21-34)27(12-7-13-29(37)38)23-36(32(40)41-33)22-26-10-4-3-5-11-26/h6,8-9,26-28H,3-5,7,10-23H2,1-2H3,(H,37,38). The first kappa shape index (κ1) is 29.9. The molecule has 3 heterocycles. The van der Waals surface area contributed by atoms with Crippen LogP contribution in [0.1, 0.15) is 98.5 Å². The number of likely N-dealkylation sites (tertiary alicyclic amines) is 2. The lowest BCUT2D eigenvalue weighted by Gasteiger charge is -2.52. The van der Waals surface area contributed by atoms with Crippen molar-refractivity contribution in [2.24, 2.45) is 11.8 Å². The fraction of sp³-hybridized carbons (Fsp3) is 0.727. The van der Waals surface area contributed by atoms with Crippen molar-refractivity contribution in [1.82, 2.24) is 14.7 Å². The van der Waals surface area contributed by atoms with Crippen LogP contribution in [-0.2, 0) is 9.53 Å². The topological polar surface area (TPSA) is 90.4 Å². The maximum atomic E-state index is 13.3. The van der Waals surface area contributed by atoms with Gasteiger partial charge < -0.3 is 19.6 Å². The average molecular weight is 568 g/mol. The van der Waals surface area contributed by atoms with Crippen LogP contribution in [-0.4, -0.2) is 88.7 Å². The Morgan fingerprint density at radius 2 is 1.63 bits per heavy atom. The number of ether oxygens (including phenoxy) is 1. The van der Waals surface area contributed by atoms with Crippen LogP contribution in [0.3, 0.4) is 0 Å². The molecule has 3 aliphatic heterocycles. The molecular formula is C33H49N3O5. The van der Waals surface area contributed by atoms with E-state index in [1.54, 1.807) is 0 Å². The van der Waals surface area contributed by atoms with Crippen LogP contribution in [0.2, 0.25) is 0 Å². The molecule has 2 amide bonds. The number of hydrogen-bond acceptors (Lipinski definition) is 5. The number of carbonyl (C=O) groups is 3. The Hall–Kier alpha value is -2.61.